The predicted octanol–water partition coefficient (Wildman–Crippen LogP) is -5.30. The van der Waals surface area contributed by atoms with Crippen molar-refractivity contribution in [2.24, 2.45) is 11.5 Å². The Kier molecular flexibility index (Phi) is 8.74. The van der Waals surface area contributed by atoms with Crippen LogP contribution in [0.5, 0.6) is 0 Å². The molecule has 0 rings (SSSR count). The maximum Gasteiger partial charge on any atom is 1.00 e. The van der Waals surface area contributed by atoms with Crippen molar-refractivity contribution < 1.29 is 51.4 Å². The van der Waals surface area contributed by atoms with Crippen molar-refractivity contribution in [3.8, 4) is 0 Å². The van der Waals surface area contributed by atoms with Crippen LogP contribution in [0.4, 0.5) is 0 Å². The van der Waals surface area contributed by atoms with E-state index in [1.54, 1.807) is 0 Å². The minimum absolute atomic E-state index is 0. The molecule has 0 saturated carbocycles. The van der Waals surface area contributed by atoms with Crippen molar-refractivity contribution in [1.82, 2.24) is 0 Å². The minimum atomic E-state index is -4.08. The Balaban J connectivity index is -0.000000720. The van der Waals surface area contributed by atoms with Gasteiger partial charge in [-0.25, -0.2) is 0 Å². The average molecular weight is 256 g/mol. The van der Waals surface area contributed by atoms with Crippen molar-refractivity contribution in [2.75, 3.05) is 24.6 Å². The van der Waals surface area contributed by atoms with Gasteiger partial charge in [-0.05, 0) is 0 Å². The second kappa shape index (κ2) is 7.12. The third-order valence-corrected chi connectivity index (χ3v) is 4.07. The summed E-state index contributed by atoms with van der Waals surface area (Å²) in [6.45, 7) is -0.388. The van der Waals surface area contributed by atoms with Gasteiger partial charge in [0, 0.05) is 13.1 Å². The maximum atomic E-state index is 10.8. The Labute approximate surface area is 107 Å². The Hall–Kier alpha value is 0.780. The maximum absolute atomic E-state index is 10.8. The van der Waals surface area contributed by atoms with Crippen LogP contribution < -0.4 is 41.0 Å². The smallest absolute Gasteiger partial charge is 1.00 e. The van der Waals surface area contributed by atoms with Crippen molar-refractivity contribution in [3.05, 3.63) is 0 Å². The summed E-state index contributed by atoms with van der Waals surface area (Å²) in [5, 5.41) is 0. The van der Waals surface area contributed by atoms with Gasteiger partial charge in [-0.3, -0.25) is 0 Å². The fourth-order valence-electron chi connectivity index (χ4n) is 0.515. The van der Waals surface area contributed by atoms with Crippen LogP contribution in [0.25, 0.3) is 0 Å². The van der Waals surface area contributed by atoms with Gasteiger partial charge in [0.25, 0.3) is 20.2 Å². The zero-order valence-corrected chi connectivity index (χ0v) is 11.5. The van der Waals surface area contributed by atoms with E-state index in [1.165, 1.54) is 0 Å². The molecule has 0 aliphatic heterocycles. The summed E-state index contributed by atoms with van der Waals surface area (Å²) in [5.74, 6) is -1.06. The van der Waals surface area contributed by atoms with Gasteiger partial charge >= 0.3 is 29.6 Å². The van der Waals surface area contributed by atoms with Crippen LogP contribution in [0.1, 0.15) is 1.43 Å². The number of nitrogens with two attached hydrogens (primary N) is 2. The standard InChI is InChI=1S/C4H12N2O5S2.Na.H/c5-1-3-12(7,8)11-13(9,10)4-2-6;;/h1-6H2;;/q;+1;-1. The van der Waals surface area contributed by atoms with E-state index in [9.17, 15) is 16.8 Å². The van der Waals surface area contributed by atoms with E-state index in [0.717, 1.165) is 0 Å². The van der Waals surface area contributed by atoms with Crippen LogP contribution in [0.2, 0.25) is 0 Å². The Morgan fingerprint density at radius 1 is 0.929 bits per heavy atom. The van der Waals surface area contributed by atoms with Crippen LogP contribution in [0.3, 0.4) is 0 Å². The summed E-state index contributed by atoms with van der Waals surface area (Å²) in [6.07, 6.45) is 0. The summed E-state index contributed by atoms with van der Waals surface area (Å²) in [6, 6.07) is 0. The van der Waals surface area contributed by atoms with Crippen LogP contribution in [0.15, 0.2) is 0 Å². The molecular formula is C4H13N2NaO5S2. The minimum Gasteiger partial charge on any atom is -1.00 e. The van der Waals surface area contributed by atoms with Crippen LogP contribution in [-0.2, 0) is 23.9 Å². The first-order chi connectivity index (χ1) is 5.83. The molecule has 82 valence electrons. The molecule has 0 unspecified atom stereocenters. The molecule has 0 saturated heterocycles. The van der Waals surface area contributed by atoms with E-state index in [-0.39, 0.29) is 44.1 Å². The molecule has 0 heterocycles. The Morgan fingerprint density at radius 3 is 1.43 bits per heavy atom. The molecule has 0 spiro atoms. The van der Waals surface area contributed by atoms with Gasteiger partial charge in [-0.1, -0.05) is 0 Å². The molecule has 14 heavy (non-hydrogen) atoms. The topological polar surface area (TPSA) is 130 Å². The van der Waals surface area contributed by atoms with Crippen molar-refractivity contribution >= 4 is 20.2 Å². The summed E-state index contributed by atoms with van der Waals surface area (Å²) >= 11 is 0. The van der Waals surface area contributed by atoms with E-state index in [1.807, 2.05) is 0 Å². The normalized spacial score (nSPS) is 12.1. The van der Waals surface area contributed by atoms with Crippen LogP contribution in [-0.4, -0.2) is 41.4 Å². The first-order valence-corrected chi connectivity index (χ1v) is 6.55. The second-order valence-electron chi connectivity index (χ2n) is 2.17. The van der Waals surface area contributed by atoms with E-state index < -0.39 is 31.7 Å². The van der Waals surface area contributed by atoms with Gasteiger partial charge in [0.15, 0.2) is 0 Å². The first kappa shape index (κ1) is 17.2. The first-order valence-electron chi connectivity index (χ1n) is 3.39. The van der Waals surface area contributed by atoms with E-state index in [2.05, 4.69) is 3.63 Å². The Morgan fingerprint density at radius 2 is 1.21 bits per heavy atom. The molecule has 0 aromatic carbocycles. The average Bonchev–Trinajstić information content (AvgIpc) is 1.82. The Bertz CT molecular complexity index is 308. The fourth-order valence-corrected chi connectivity index (χ4v) is 2.90. The van der Waals surface area contributed by atoms with Crippen LogP contribution >= 0.6 is 0 Å². The monoisotopic (exact) mass is 256 g/mol. The second-order valence-corrected chi connectivity index (χ2v) is 5.76. The van der Waals surface area contributed by atoms with Crippen LogP contribution in [0, 0.1) is 0 Å². The van der Waals surface area contributed by atoms with Gasteiger partial charge in [-0.15, -0.1) is 3.63 Å². The molecule has 7 nitrogen and oxygen atoms in total. The largest absolute Gasteiger partial charge is 1.00 e. The molecule has 0 amide bonds. The van der Waals surface area contributed by atoms with Crippen molar-refractivity contribution in [1.29, 1.82) is 0 Å². The molecule has 0 radical (unpaired) electrons. The molecule has 0 bridgehead atoms. The molecule has 0 aromatic rings. The molecule has 0 aromatic heterocycles. The summed E-state index contributed by atoms with van der Waals surface area (Å²) < 4.78 is 47.1. The van der Waals surface area contributed by atoms with Crippen molar-refractivity contribution in [3.63, 3.8) is 0 Å². The van der Waals surface area contributed by atoms with Crippen molar-refractivity contribution in [2.45, 2.75) is 0 Å². The third kappa shape index (κ3) is 8.12. The van der Waals surface area contributed by atoms with Gasteiger partial charge < -0.3 is 12.9 Å². The number of hydrogen-bond donors (Lipinski definition) is 2. The SMILES string of the molecule is NCCS(=O)(=O)OS(=O)(=O)CCN.[H-].[Na+]. The molecule has 0 atom stereocenters. The number of rotatable bonds is 6. The summed E-state index contributed by atoms with van der Waals surface area (Å²) in [4.78, 5) is 0. The van der Waals surface area contributed by atoms with E-state index in [0.29, 0.717) is 0 Å². The zero-order chi connectivity index (χ0) is 10.5. The number of hydrogen-bond acceptors (Lipinski definition) is 7. The van der Waals surface area contributed by atoms with Gasteiger partial charge in [0.2, 0.25) is 0 Å². The van der Waals surface area contributed by atoms with Gasteiger partial charge in [0.1, 0.15) is 0 Å². The van der Waals surface area contributed by atoms with Gasteiger partial charge in [0.05, 0.1) is 11.5 Å². The fraction of sp³-hybridized carbons (Fsp3) is 1.00. The summed E-state index contributed by atoms with van der Waals surface area (Å²) in [7, 11) is -8.16. The third-order valence-electron chi connectivity index (χ3n) is 0.943. The molecule has 10 heteroatoms. The molecule has 0 aliphatic carbocycles. The molecule has 0 aliphatic rings. The molecule has 4 N–H and O–H groups in total. The van der Waals surface area contributed by atoms with E-state index >= 15 is 0 Å². The summed E-state index contributed by atoms with van der Waals surface area (Å²) in [5.41, 5.74) is 9.86. The quantitative estimate of drug-likeness (QED) is 0.454. The predicted molar refractivity (Wildman–Crippen MR) is 47.9 cm³/mol. The zero-order valence-electron chi connectivity index (χ0n) is 8.84. The molecule has 0 fully saturated rings. The van der Waals surface area contributed by atoms with Gasteiger partial charge in [-0.2, -0.15) is 16.8 Å². The molecular weight excluding hydrogens is 243 g/mol. The van der Waals surface area contributed by atoms with E-state index in [4.69, 9.17) is 11.5 Å².